The van der Waals surface area contributed by atoms with Crippen molar-refractivity contribution in [3.63, 3.8) is 0 Å². The second-order valence-corrected chi connectivity index (χ2v) is 13.3. The van der Waals surface area contributed by atoms with Crippen LogP contribution in [0.15, 0.2) is 0 Å². The zero-order valence-electron chi connectivity index (χ0n) is 25.7. The standard InChI is InChI=1S/C29H50O16/c1-10-20(32)23(35)25(37)28(42-10)41-9-19-22(34)24(36)26(38)29(45-19)44-18-8-13-14(31)6-12(30)7-15(13)43-27(18)11-4-16(39-2)21(33)17(5-11)40-3/h10-38H,4-9H2,1-3H3/p+1/t10-,11?,12?,13?,14?,15?,16?,17?,18?,19+,20-,21?,22+,23+,24-,25+,26+,27?,28+,29+/m0/s1. The molecule has 5 fully saturated rings. The molecule has 3 saturated heterocycles. The second-order valence-electron chi connectivity index (χ2n) is 13.3. The van der Waals surface area contributed by atoms with Crippen LogP contribution >= 0.6 is 0 Å². The smallest absolute Gasteiger partial charge is 0.187 e. The van der Waals surface area contributed by atoms with Crippen molar-refractivity contribution >= 4 is 0 Å². The molecule has 45 heavy (non-hydrogen) atoms. The van der Waals surface area contributed by atoms with Crippen LogP contribution in [-0.2, 0) is 28.4 Å². The van der Waals surface area contributed by atoms with E-state index < -0.39 is 111 Å². The van der Waals surface area contributed by atoms with Gasteiger partial charge in [0, 0.05) is 33.0 Å². The average molecular weight is 656 g/mol. The summed E-state index contributed by atoms with van der Waals surface area (Å²) in [4.78, 5) is 0. The third-order valence-corrected chi connectivity index (χ3v) is 10.4. The highest BCUT2D eigenvalue weighted by atomic mass is 16.7. The minimum Gasteiger partial charge on any atom is -0.427 e. The highest BCUT2D eigenvalue weighted by Gasteiger charge is 2.56. The molecule has 2 aliphatic carbocycles. The molecule has 10 N–H and O–H groups in total. The molecule has 0 aromatic heterocycles. The van der Waals surface area contributed by atoms with E-state index in [1.807, 2.05) is 0 Å². The summed E-state index contributed by atoms with van der Waals surface area (Å²) < 4.78 is 39.4. The lowest BCUT2D eigenvalue weighted by Gasteiger charge is -2.49. The summed E-state index contributed by atoms with van der Waals surface area (Å²) >= 11 is 0. The van der Waals surface area contributed by atoms with Crippen LogP contribution in [0.5, 0.6) is 0 Å². The van der Waals surface area contributed by atoms with Crippen LogP contribution in [0.2, 0.25) is 0 Å². The first-order chi connectivity index (χ1) is 21.3. The minimum atomic E-state index is -1.70. The van der Waals surface area contributed by atoms with Gasteiger partial charge in [0.15, 0.2) is 24.8 Å². The van der Waals surface area contributed by atoms with Gasteiger partial charge in [-0.15, -0.1) is 0 Å². The maximum atomic E-state index is 10.9. The van der Waals surface area contributed by atoms with E-state index in [2.05, 4.69) is 0 Å². The van der Waals surface area contributed by atoms with E-state index in [1.54, 1.807) is 0 Å². The molecule has 262 valence electrons. The molecule has 0 bridgehead atoms. The summed E-state index contributed by atoms with van der Waals surface area (Å²) in [6.45, 7) is 1.05. The van der Waals surface area contributed by atoms with Crippen molar-refractivity contribution < 1.29 is 79.1 Å². The Morgan fingerprint density at radius 1 is 0.644 bits per heavy atom. The maximum Gasteiger partial charge on any atom is 0.187 e. The van der Waals surface area contributed by atoms with Crippen LogP contribution in [0, 0.1) is 11.8 Å². The number of methoxy groups -OCH3 is 2. The summed E-state index contributed by atoms with van der Waals surface area (Å²) in [6.07, 6.45) is -17.9. The van der Waals surface area contributed by atoms with Crippen LogP contribution in [-0.4, -0.2) is 182 Å². The molecule has 0 radical (unpaired) electrons. The number of hydrogen-bond donors (Lipinski definition) is 9. The topological polar surface area (TPSA) is 250 Å². The zero-order chi connectivity index (χ0) is 32.7. The predicted octanol–water partition coefficient (Wildman–Crippen LogP) is -4.38. The van der Waals surface area contributed by atoms with Crippen molar-refractivity contribution in [3.05, 3.63) is 0 Å². The molecule has 3 aliphatic heterocycles. The van der Waals surface area contributed by atoms with Crippen molar-refractivity contribution in [3.8, 4) is 0 Å². The van der Waals surface area contributed by atoms with Gasteiger partial charge in [-0.3, -0.25) is 0 Å². The molecule has 5 rings (SSSR count). The predicted molar refractivity (Wildman–Crippen MR) is 149 cm³/mol. The summed E-state index contributed by atoms with van der Waals surface area (Å²) in [6, 6.07) is 0. The van der Waals surface area contributed by atoms with Crippen LogP contribution in [0.3, 0.4) is 0 Å². The highest BCUT2D eigenvalue weighted by molar-refractivity contribution is 5.00. The molecule has 0 amide bonds. The molecule has 0 spiro atoms. The van der Waals surface area contributed by atoms with Crippen LogP contribution in [0.1, 0.15) is 39.0 Å². The van der Waals surface area contributed by atoms with E-state index in [4.69, 9.17) is 33.2 Å². The lowest BCUT2D eigenvalue weighted by atomic mass is 9.72. The van der Waals surface area contributed by atoms with Gasteiger partial charge in [0.25, 0.3) is 0 Å². The van der Waals surface area contributed by atoms with Crippen molar-refractivity contribution in [2.75, 3.05) is 20.8 Å². The Bertz CT molecular complexity index is 932. The van der Waals surface area contributed by atoms with Crippen molar-refractivity contribution in [1.82, 2.24) is 0 Å². The molecular weight excluding hydrogens is 604 g/mol. The molecule has 8 unspecified atom stereocenters. The lowest BCUT2D eigenvalue weighted by Crippen LogP contribution is -2.64. The Morgan fingerprint density at radius 3 is 1.91 bits per heavy atom. The average Bonchev–Trinajstić information content (AvgIpc) is 3.01. The first kappa shape index (κ1) is 35.7. The van der Waals surface area contributed by atoms with Crippen LogP contribution in [0.25, 0.3) is 0 Å². The number of rotatable bonds is 8. The SMILES string of the molecule is COC1CC(C2[OH+]C3CC(O)CC(O)C3CC2O[C@@H]2O[C@H](CO[C@@H]3O[C@@H](C)[C@H](O)[C@@H](O)[C@H]3O)[C@@H](O)[C@H](O)[C@H]2O)CC(OC)C1O. The first-order valence-corrected chi connectivity index (χ1v) is 15.8. The van der Waals surface area contributed by atoms with Crippen LogP contribution in [0.4, 0.5) is 0 Å². The third-order valence-electron chi connectivity index (χ3n) is 10.4. The molecule has 5 aliphatic rings. The number of aliphatic hydroxyl groups is 11. The van der Waals surface area contributed by atoms with E-state index in [1.165, 1.54) is 21.1 Å². The van der Waals surface area contributed by atoms with Gasteiger partial charge < -0.3 is 79.1 Å². The zero-order valence-corrected chi connectivity index (χ0v) is 25.7. The van der Waals surface area contributed by atoms with E-state index >= 15 is 0 Å². The monoisotopic (exact) mass is 655 g/mol. The van der Waals surface area contributed by atoms with Crippen molar-refractivity contribution in [1.29, 1.82) is 0 Å². The maximum absolute atomic E-state index is 10.9. The van der Waals surface area contributed by atoms with Gasteiger partial charge in [-0.2, -0.15) is 0 Å². The summed E-state index contributed by atoms with van der Waals surface area (Å²) in [5.41, 5.74) is 0. The number of ether oxygens (including phenoxy) is 7. The van der Waals surface area contributed by atoms with Crippen LogP contribution < -0.4 is 0 Å². The molecular formula is C29H51O16+. The van der Waals surface area contributed by atoms with E-state index in [0.29, 0.717) is 25.7 Å². The van der Waals surface area contributed by atoms with Gasteiger partial charge in [0.1, 0.15) is 54.9 Å². The Balaban J connectivity index is 1.32. The largest absolute Gasteiger partial charge is 0.427 e. The molecule has 3 heterocycles. The van der Waals surface area contributed by atoms with E-state index in [-0.39, 0.29) is 24.4 Å². The van der Waals surface area contributed by atoms with E-state index in [0.717, 1.165) is 0 Å². The molecule has 16 nitrogen and oxygen atoms in total. The summed E-state index contributed by atoms with van der Waals surface area (Å²) in [5.74, 6) is -0.557. The highest BCUT2D eigenvalue weighted by Crippen LogP contribution is 2.43. The fourth-order valence-corrected chi connectivity index (χ4v) is 7.67. The normalized spacial score (nSPS) is 54.4. The third kappa shape index (κ3) is 7.36. The number of aliphatic hydroxyl groups excluding tert-OH is 9. The number of hydrogen-bond acceptors (Lipinski definition) is 15. The fourth-order valence-electron chi connectivity index (χ4n) is 7.67. The summed E-state index contributed by atoms with van der Waals surface area (Å²) in [5, 5.41) is 94.6. The van der Waals surface area contributed by atoms with Gasteiger partial charge in [0.05, 0.1) is 43.0 Å². The fraction of sp³-hybridized carbons (Fsp3) is 1.00. The Morgan fingerprint density at radius 2 is 1.27 bits per heavy atom. The van der Waals surface area contributed by atoms with E-state index in [9.17, 15) is 46.0 Å². The quantitative estimate of drug-likeness (QED) is 0.112. The Labute approximate surface area is 261 Å². The Kier molecular flexibility index (Phi) is 11.8. The minimum absolute atomic E-state index is 0.188. The molecule has 16 heteroatoms. The lowest BCUT2D eigenvalue weighted by molar-refractivity contribution is -0.363. The molecule has 0 aromatic rings. The van der Waals surface area contributed by atoms with Gasteiger partial charge >= 0.3 is 0 Å². The molecule has 2 saturated carbocycles. The molecule has 18 atom stereocenters. The Hall–Kier alpha value is -0.640. The number of fused-ring (bicyclic) bond motifs is 1. The first-order valence-electron chi connectivity index (χ1n) is 15.8. The van der Waals surface area contributed by atoms with Gasteiger partial charge in [0.2, 0.25) is 0 Å². The van der Waals surface area contributed by atoms with Crippen molar-refractivity contribution in [2.24, 2.45) is 11.8 Å². The second kappa shape index (κ2) is 14.9. The summed E-state index contributed by atoms with van der Waals surface area (Å²) in [7, 11) is 3.00. The van der Waals surface area contributed by atoms with Crippen molar-refractivity contribution in [2.45, 2.75) is 149 Å². The van der Waals surface area contributed by atoms with Gasteiger partial charge in [-0.05, 0) is 26.2 Å². The van der Waals surface area contributed by atoms with Gasteiger partial charge in [-0.1, -0.05) is 0 Å². The molecule has 0 aromatic carbocycles. The van der Waals surface area contributed by atoms with Gasteiger partial charge in [-0.25, -0.2) is 0 Å².